The van der Waals surface area contributed by atoms with Crippen LogP contribution in [0, 0.1) is 5.82 Å². The van der Waals surface area contributed by atoms with Crippen LogP contribution in [-0.2, 0) is 10.9 Å². The number of halogens is 4. The predicted octanol–water partition coefficient (Wildman–Crippen LogP) is 4.05. The topological polar surface area (TPSA) is 60.5 Å². The number of nitrogens with zero attached hydrogens (tertiary/aromatic N) is 1. The van der Waals surface area contributed by atoms with Crippen LogP contribution in [0.25, 0.3) is 0 Å². The maximum absolute atomic E-state index is 13.3. The first kappa shape index (κ1) is 19.1. The third kappa shape index (κ3) is 4.94. The molecule has 0 bridgehead atoms. The van der Waals surface area contributed by atoms with Gasteiger partial charge in [0.2, 0.25) is 5.88 Å². The number of carbonyl (C=O) groups excluding carboxylic acids is 1. The molecule has 144 valence electrons. The Balaban J connectivity index is 1.66. The van der Waals surface area contributed by atoms with Crippen molar-refractivity contribution in [3.63, 3.8) is 0 Å². The second kappa shape index (κ2) is 7.91. The lowest BCUT2D eigenvalue weighted by Crippen LogP contribution is -2.26. The minimum Gasteiger partial charge on any atom is -0.474 e. The van der Waals surface area contributed by atoms with Gasteiger partial charge >= 0.3 is 6.18 Å². The van der Waals surface area contributed by atoms with Gasteiger partial charge in [-0.1, -0.05) is 0 Å². The monoisotopic (exact) mass is 384 g/mol. The highest BCUT2D eigenvalue weighted by Gasteiger charge is 2.34. The Morgan fingerprint density at radius 3 is 2.56 bits per heavy atom. The van der Waals surface area contributed by atoms with Gasteiger partial charge in [-0.3, -0.25) is 4.79 Å². The molecule has 9 heteroatoms. The van der Waals surface area contributed by atoms with Gasteiger partial charge in [0.05, 0.1) is 24.3 Å². The van der Waals surface area contributed by atoms with Gasteiger partial charge in [0.1, 0.15) is 11.9 Å². The van der Waals surface area contributed by atoms with Crippen molar-refractivity contribution in [2.45, 2.75) is 25.1 Å². The summed E-state index contributed by atoms with van der Waals surface area (Å²) in [5.41, 5.74) is -1.48. The third-order valence-electron chi connectivity index (χ3n) is 3.98. The molecule has 0 radical (unpaired) electrons. The SMILES string of the molecule is O=C(Nc1ccc(F)c(C(F)(F)F)c1)c1ccc(OC2CCOCC2)nc1. The number of amides is 1. The standard InChI is InChI=1S/C18H16F4N2O3/c19-15-3-2-12(9-14(15)18(20,21)22)24-17(25)11-1-4-16(23-10-11)27-13-5-7-26-8-6-13/h1-4,9-10,13H,5-8H2,(H,24,25). The van der Waals surface area contributed by atoms with Gasteiger partial charge in [-0.15, -0.1) is 0 Å². The minimum atomic E-state index is -4.85. The van der Waals surface area contributed by atoms with Crippen LogP contribution in [0.4, 0.5) is 23.2 Å². The Hall–Kier alpha value is -2.68. The summed E-state index contributed by atoms with van der Waals surface area (Å²) in [6.45, 7) is 1.23. The van der Waals surface area contributed by atoms with Crippen molar-refractivity contribution in [1.82, 2.24) is 4.98 Å². The number of benzene rings is 1. The molecule has 1 aromatic heterocycles. The van der Waals surface area contributed by atoms with Crippen molar-refractivity contribution in [3.05, 3.63) is 53.5 Å². The Morgan fingerprint density at radius 1 is 1.19 bits per heavy atom. The first-order valence-corrected chi connectivity index (χ1v) is 8.21. The molecule has 0 atom stereocenters. The summed E-state index contributed by atoms with van der Waals surface area (Å²) in [7, 11) is 0. The molecule has 27 heavy (non-hydrogen) atoms. The highest BCUT2D eigenvalue weighted by Crippen LogP contribution is 2.33. The summed E-state index contributed by atoms with van der Waals surface area (Å²) in [6, 6.07) is 5.21. The Bertz CT molecular complexity index is 803. The van der Waals surface area contributed by atoms with Crippen LogP contribution in [-0.4, -0.2) is 30.2 Å². The summed E-state index contributed by atoms with van der Waals surface area (Å²) in [4.78, 5) is 16.2. The van der Waals surface area contributed by atoms with Crippen LogP contribution in [0.5, 0.6) is 5.88 Å². The molecule has 1 fully saturated rings. The van der Waals surface area contributed by atoms with Crippen molar-refractivity contribution in [2.75, 3.05) is 18.5 Å². The second-order valence-electron chi connectivity index (χ2n) is 5.96. The largest absolute Gasteiger partial charge is 0.474 e. The van der Waals surface area contributed by atoms with Gasteiger partial charge < -0.3 is 14.8 Å². The molecular formula is C18H16F4N2O3. The zero-order valence-electron chi connectivity index (χ0n) is 14.1. The van der Waals surface area contributed by atoms with Crippen molar-refractivity contribution in [3.8, 4) is 5.88 Å². The third-order valence-corrected chi connectivity index (χ3v) is 3.98. The van der Waals surface area contributed by atoms with Crippen molar-refractivity contribution in [1.29, 1.82) is 0 Å². The van der Waals surface area contributed by atoms with Gasteiger partial charge in [-0.25, -0.2) is 9.37 Å². The number of rotatable bonds is 4. The molecule has 2 heterocycles. The molecule has 1 aliphatic heterocycles. The van der Waals surface area contributed by atoms with E-state index in [0.29, 0.717) is 31.2 Å². The zero-order valence-corrected chi connectivity index (χ0v) is 14.1. The van der Waals surface area contributed by atoms with Gasteiger partial charge in [-0.2, -0.15) is 13.2 Å². The van der Waals surface area contributed by atoms with Gasteiger partial charge in [0, 0.05) is 30.8 Å². The number of hydrogen-bond donors (Lipinski definition) is 1. The lowest BCUT2D eigenvalue weighted by Gasteiger charge is -2.22. The van der Waals surface area contributed by atoms with Crippen LogP contribution in [0.15, 0.2) is 36.5 Å². The van der Waals surface area contributed by atoms with Crippen molar-refractivity contribution in [2.24, 2.45) is 0 Å². The number of carbonyl (C=O) groups is 1. The second-order valence-corrected chi connectivity index (χ2v) is 5.96. The molecular weight excluding hydrogens is 368 g/mol. The zero-order chi connectivity index (χ0) is 19.4. The summed E-state index contributed by atoms with van der Waals surface area (Å²) >= 11 is 0. The van der Waals surface area contributed by atoms with Gasteiger partial charge in [0.25, 0.3) is 5.91 Å². The summed E-state index contributed by atoms with van der Waals surface area (Å²) < 4.78 is 62.4. The average Bonchev–Trinajstić information content (AvgIpc) is 2.64. The molecule has 3 rings (SSSR count). The molecule has 1 amide bonds. The maximum atomic E-state index is 13.3. The number of ether oxygens (including phenoxy) is 2. The molecule has 1 saturated heterocycles. The average molecular weight is 384 g/mol. The van der Waals surface area contributed by atoms with Crippen LogP contribution < -0.4 is 10.1 Å². The van der Waals surface area contributed by atoms with E-state index in [4.69, 9.17) is 9.47 Å². The number of aromatic nitrogens is 1. The highest BCUT2D eigenvalue weighted by atomic mass is 19.4. The molecule has 1 aromatic carbocycles. The van der Waals surface area contributed by atoms with Crippen molar-refractivity contribution >= 4 is 11.6 Å². The summed E-state index contributed by atoms with van der Waals surface area (Å²) in [6.07, 6.45) is -2.11. The molecule has 0 spiro atoms. The number of pyridine rings is 1. The summed E-state index contributed by atoms with van der Waals surface area (Å²) in [5.74, 6) is -1.73. The minimum absolute atomic E-state index is 0.00840. The van der Waals surface area contributed by atoms with E-state index in [-0.39, 0.29) is 17.4 Å². The van der Waals surface area contributed by atoms with E-state index in [1.165, 1.54) is 18.3 Å². The Kier molecular flexibility index (Phi) is 5.59. The first-order chi connectivity index (χ1) is 12.8. The smallest absolute Gasteiger partial charge is 0.419 e. The Morgan fingerprint density at radius 2 is 1.93 bits per heavy atom. The van der Waals surface area contributed by atoms with E-state index in [1.807, 2.05) is 0 Å². The molecule has 0 unspecified atom stereocenters. The fourth-order valence-corrected chi connectivity index (χ4v) is 2.57. The van der Waals surface area contributed by atoms with E-state index in [1.54, 1.807) is 0 Å². The molecule has 0 saturated carbocycles. The van der Waals surface area contributed by atoms with E-state index in [2.05, 4.69) is 10.3 Å². The maximum Gasteiger partial charge on any atom is 0.419 e. The van der Waals surface area contributed by atoms with E-state index in [0.717, 1.165) is 18.9 Å². The normalized spacial score (nSPS) is 15.4. The number of nitrogens with one attached hydrogen (secondary N) is 1. The van der Waals surface area contributed by atoms with Gasteiger partial charge in [-0.05, 0) is 24.3 Å². The fraction of sp³-hybridized carbons (Fsp3) is 0.333. The lowest BCUT2D eigenvalue weighted by atomic mass is 10.1. The number of alkyl halides is 3. The highest BCUT2D eigenvalue weighted by molar-refractivity contribution is 6.04. The predicted molar refractivity (Wildman–Crippen MR) is 88.1 cm³/mol. The molecule has 1 aliphatic rings. The van der Waals surface area contributed by atoms with E-state index >= 15 is 0 Å². The first-order valence-electron chi connectivity index (χ1n) is 8.21. The number of anilines is 1. The van der Waals surface area contributed by atoms with Crippen LogP contribution in [0.1, 0.15) is 28.8 Å². The fourth-order valence-electron chi connectivity index (χ4n) is 2.57. The van der Waals surface area contributed by atoms with E-state index < -0.39 is 23.5 Å². The molecule has 5 nitrogen and oxygen atoms in total. The van der Waals surface area contributed by atoms with E-state index in [9.17, 15) is 22.4 Å². The quantitative estimate of drug-likeness (QED) is 0.808. The van der Waals surface area contributed by atoms with Crippen LogP contribution >= 0.6 is 0 Å². The van der Waals surface area contributed by atoms with Crippen LogP contribution in [0.2, 0.25) is 0 Å². The van der Waals surface area contributed by atoms with Crippen LogP contribution in [0.3, 0.4) is 0 Å². The number of hydrogen-bond acceptors (Lipinski definition) is 4. The summed E-state index contributed by atoms with van der Waals surface area (Å²) in [5, 5.41) is 2.30. The Labute approximate surface area is 152 Å². The molecule has 0 aliphatic carbocycles. The lowest BCUT2D eigenvalue weighted by molar-refractivity contribution is -0.139. The van der Waals surface area contributed by atoms with Crippen molar-refractivity contribution < 1.29 is 31.8 Å². The molecule has 1 N–H and O–H groups in total. The molecule has 2 aromatic rings. The van der Waals surface area contributed by atoms with Gasteiger partial charge in [0.15, 0.2) is 0 Å².